The van der Waals surface area contributed by atoms with Gasteiger partial charge in [-0.05, 0) is 0 Å². The van der Waals surface area contributed by atoms with Crippen LogP contribution in [0.2, 0.25) is 0 Å². The standard InChI is InChI=1S/C6H5N3O2S/c7-1-3-5(6(10)11)9-4(2-8)12-3/h2,8H2,(H,10,11). The first-order chi connectivity index (χ1) is 5.69. The zero-order valence-corrected chi connectivity index (χ0v) is 6.76. The van der Waals surface area contributed by atoms with Crippen molar-refractivity contribution < 1.29 is 9.90 Å². The highest BCUT2D eigenvalue weighted by atomic mass is 32.1. The van der Waals surface area contributed by atoms with Gasteiger partial charge in [0, 0.05) is 6.54 Å². The van der Waals surface area contributed by atoms with Crippen LogP contribution >= 0.6 is 11.3 Å². The molecule has 0 aliphatic heterocycles. The third kappa shape index (κ3) is 1.42. The third-order valence-electron chi connectivity index (χ3n) is 1.15. The summed E-state index contributed by atoms with van der Waals surface area (Å²) in [6.07, 6.45) is 0. The van der Waals surface area contributed by atoms with E-state index >= 15 is 0 Å². The van der Waals surface area contributed by atoms with Crippen LogP contribution in [0.25, 0.3) is 0 Å². The summed E-state index contributed by atoms with van der Waals surface area (Å²) in [5, 5.41) is 17.5. The number of thiazole rings is 1. The van der Waals surface area contributed by atoms with E-state index in [4.69, 9.17) is 16.1 Å². The smallest absolute Gasteiger partial charge is 0.356 e. The van der Waals surface area contributed by atoms with Crippen LogP contribution in [0.3, 0.4) is 0 Å². The molecule has 0 bridgehead atoms. The monoisotopic (exact) mass is 183 g/mol. The molecular formula is C6H5N3O2S. The van der Waals surface area contributed by atoms with Crippen molar-refractivity contribution >= 4 is 17.3 Å². The van der Waals surface area contributed by atoms with Gasteiger partial charge in [0.05, 0.1) is 0 Å². The average Bonchev–Trinajstić information content (AvgIpc) is 2.47. The highest BCUT2D eigenvalue weighted by Gasteiger charge is 2.15. The summed E-state index contributed by atoms with van der Waals surface area (Å²) in [6.45, 7) is 0.159. The molecule has 1 aromatic rings. The van der Waals surface area contributed by atoms with Crippen molar-refractivity contribution in [3.8, 4) is 6.07 Å². The zero-order chi connectivity index (χ0) is 9.14. The Balaban J connectivity index is 3.19. The molecule has 0 atom stereocenters. The van der Waals surface area contributed by atoms with Gasteiger partial charge in [-0.25, -0.2) is 9.78 Å². The van der Waals surface area contributed by atoms with Crippen LogP contribution < -0.4 is 5.73 Å². The third-order valence-corrected chi connectivity index (χ3v) is 2.13. The Hall–Kier alpha value is -1.45. The molecule has 0 fully saturated rings. The van der Waals surface area contributed by atoms with Gasteiger partial charge in [-0.3, -0.25) is 0 Å². The Morgan fingerprint density at radius 3 is 2.83 bits per heavy atom. The first-order valence-electron chi connectivity index (χ1n) is 3.02. The lowest BCUT2D eigenvalue weighted by Crippen LogP contribution is -2.01. The molecule has 0 radical (unpaired) electrons. The number of aromatic nitrogens is 1. The van der Waals surface area contributed by atoms with Crippen LogP contribution in [0.1, 0.15) is 20.4 Å². The lowest BCUT2D eigenvalue weighted by molar-refractivity contribution is 0.0691. The first-order valence-corrected chi connectivity index (χ1v) is 3.84. The summed E-state index contributed by atoms with van der Waals surface area (Å²) in [4.78, 5) is 14.2. The summed E-state index contributed by atoms with van der Waals surface area (Å²) in [6, 6.07) is 1.75. The number of rotatable bonds is 2. The Kier molecular flexibility index (Phi) is 2.38. The second kappa shape index (κ2) is 3.30. The fourth-order valence-corrected chi connectivity index (χ4v) is 1.40. The minimum absolute atomic E-state index is 0.1000. The number of nitriles is 1. The maximum atomic E-state index is 10.5. The van der Waals surface area contributed by atoms with Gasteiger partial charge in [0.1, 0.15) is 16.0 Å². The van der Waals surface area contributed by atoms with E-state index in [1.165, 1.54) is 0 Å². The van der Waals surface area contributed by atoms with E-state index in [-0.39, 0.29) is 17.1 Å². The van der Waals surface area contributed by atoms with Gasteiger partial charge in [-0.1, -0.05) is 0 Å². The van der Waals surface area contributed by atoms with E-state index in [1.54, 1.807) is 6.07 Å². The Morgan fingerprint density at radius 2 is 2.50 bits per heavy atom. The normalized spacial score (nSPS) is 9.33. The molecule has 0 aliphatic carbocycles. The summed E-state index contributed by atoms with van der Waals surface area (Å²) in [7, 11) is 0. The molecule has 3 N–H and O–H groups in total. The quantitative estimate of drug-likeness (QED) is 0.680. The Labute approximate surface area is 72.1 Å². The summed E-state index contributed by atoms with van der Waals surface area (Å²) < 4.78 is 0. The molecule has 0 saturated carbocycles. The van der Waals surface area contributed by atoms with Gasteiger partial charge < -0.3 is 10.8 Å². The molecule has 0 amide bonds. The number of carbonyl (C=O) groups is 1. The largest absolute Gasteiger partial charge is 0.476 e. The second-order valence-corrected chi connectivity index (χ2v) is 2.99. The minimum Gasteiger partial charge on any atom is -0.476 e. The second-order valence-electron chi connectivity index (χ2n) is 1.91. The number of nitrogens with zero attached hydrogens (tertiary/aromatic N) is 2. The first kappa shape index (κ1) is 8.64. The minimum atomic E-state index is -1.19. The van der Waals surface area contributed by atoms with Gasteiger partial charge in [0.2, 0.25) is 0 Å². The molecule has 1 rings (SSSR count). The lowest BCUT2D eigenvalue weighted by Gasteiger charge is -1.83. The predicted molar refractivity (Wildman–Crippen MR) is 41.7 cm³/mol. The number of hydrogen-bond donors (Lipinski definition) is 2. The number of carboxylic acid groups (broad SMARTS) is 1. The molecule has 0 unspecified atom stereocenters. The molecular weight excluding hydrogens is 178 g/mol. The van der Waals surface area contributed by atoms with Gasteiger partial charge in [-0.2, -0.15) is 5.26 Å². The molecule has 62 valence electrons. The number of hydrogen-bond acceptors (Lipinski definition) is 5. The molecule has 0 spiro atoms. The van der Waals surface area contributed by atoms with E-state index in [0.29, 0.717) is 5.01 Å². The number of aromatic carboxylic acids is 1. The van der Waals surface area contributed by atoms with Crippen LogP contribution in [0, 0.1) is 11.3 Å². The van der Waals surface area contributed by atoms with Crippen LogP contribution in [0.15, 0.2) is 0 Å². The van der Waals surface area contributed by atoms with Gasteiger partial charge in [-0.15, -0.1) is 11.3 Å². The number of carboxylic acids is 1. The van der Waals surface area contributed by atoms with Crippen molar-refractivity contribution in [2.45, 2.75) is 6.54 Å². The molecule has 5 nitrogen and oxygen atoms in total. The molecule has 0 saturated heterocycles. The zero-order valence-electron chi connectivity index (χ0n) is 5.94. The fraction of sp³-hybridized carbons (Fsp3) is 0.167. The predicted octanol–water partition coefficient (Wildman–Crippen LogP) is 0.172. The maximum absolute atomic E-state index is 10.5. The number of nitrogens with two attached hydrogens (primary N) is 1. The average molecular weight is 183 g/mol. The topological polar surface area (TPSA) is 100 Å². The van der Waals surface area contributed by atoms with Gasteiger partial charge in [0.15, 0.2) is 5.69 Å². The fourth-order valence-electron chi connectivity index (χ4n) is 0.672. The molecule has 12 heavy (non-hydrogen) atoms. The van der Waals surface area contributed by atoms with E-state index in [2.05, 4.69) is 4.98 Å². The SMILES string of the molecule is N#Cc1sc(CN)nc1C(=O)O. The summed E-state index contributed by atoms with van der Waals surface area (Å²) >= 11 is 1.01. The van der Waals surface area contributed by atoms with E-state index in [0.717, 1.165) is 11.3 Å². The molecule has 1 aromatic heterocycles. The van der Waals surface area contributed by atoms with Gasteiger partial charge in [0.25, 0.3) is 0 Å². The van der Waals surface area contributed by atoms with Crippen LogP contribution in [-0.2, 0) is 6.54 Å². The van der Waals surface area contributed by atoms with E-state index in [1.807, 2.05) is 0 Å². The molecule has 0 aromatic carbocycles. The van der Waals surface area contributed by atoms with Crippen LogP contribution in [-0.4, -0.2) is 16.1 Å². The molecule has 0 aliphatic rings. The highest BCUT2D eigenvalue weighted by Crippen LogP contribution is 2.16. The van der Waals surface area contributed by atoms with Crippen molar-refractivity contribution in [3.05, 3.63) is 15.6 Å². The molecule has 6 heteroatoms. The van der Waals surface area contributed by atoms with E-state index in [9.17, 15) is 4.79 Å². The van der Waals surface area contributed by atoms with E-state index < -0.39 is 5.97 Å². The van der Waals surface area contributed by atoms with Crippen molar-refractivity contribution in [3.63, 3.8) is 0 Å². The maximum Gasteiger partial charge on any atom is 0.356 e. The van der Waals surface area contributed by atoms with Crippen molar-refractivity contribution in [1.29, 1.82) is 5.26 Å². The Bertz CT molecular complexity index is 352. The summed E-state index contributed by atoms with van der Waals surface area (Å²) in [5.41, 5.74) is 5.03. The lowest BCUT2D eigenvalue weighted by atomic mass is 10.4. The highest BCUT2D eigenvalue weighted by molar-refractivity contribution is 7.12. The van der Waals surface area contributed by atoms with Crippen molar-refractivity contribution in [1.82, 2.24) is 4.98 Å². The molecule has 1 heterocycles. The van der Waals surface area contributed by atoms with Crippen molar-refractivity contribution in [2.75, 3.05) is 0 Å². The van der Waals surface area contributed by atoms with Crippen molar-refractivity contribution in [2.24, 2.45) is 5.73 Å². The van der Waals surface area contributed by atoms with Crippen LogP contribution in [0.4, 0.5) is 0 Å². The van der Waals surface area contributed by atoms with Gasteiger partial charge >= 0.3 is 5.97 Å². The summed E-state index contributed by atoms with van der Waals surface area (Å²) in [5.74, 6) is -1.19. The Morgan fingerprint density at radius 1 is 1.83 bits per heavy atom. The van der Waals surface area contributed by atoms with Crippen LogP contribution in [0.5, 0.6) is 0 Å².